The average Bonchev–Trinajstić information content (AvgIpc) is 2.75. The molecule has 0 amide bonds. The number of nitrogens with one attached hydrogen (secondary N) is 2. The first-order valence-corrected chi connectivity index (χ1v) is 6.25. The van der Waals surface area contributed by atoms with Gasteiger partial charge in [-0.2, -0.15) is 0 Å². The van der Waals surface area contributed by atoms with Crippen molar-refractivity contribution in [2.24, 2.45) is 0 Å². The molecule has 1 aliphatic rings. The van der Waals surface area contributed by atoms with Gasteiger partial charge in [-0.1, -0.05) is 31.9 Å². The van der Waals surface area contributed by atoms with Crippen molar-refractivity contribution < 1.29 is 0 Å². The number of rotatable bonds is 8. The van der Waals surface area contributed by atoms with Crippen molar-refractivity contribution in [1.29, 1.82) is 0 Å². The van der Waals surface area contributed by atoms with Gasteiger partial charge in [0.05, 0.1) is 6.17 Å². The van der Waals surface area contributed by atoms with Crippen LogP contribution in [-0.2, 0) is 0 Å². The van der Waals surface area contributed by atoms with Crippen LogP contribution in [0.5, 0.6) is 0 Å². The van der Waals surface area contributed by atoms with Gasteiger partial charge < -0.3 is 10.6 Å². The number of hydrogen-bond acceptors (Lipinski definition) is 2. The van der Waals surface area contributed by atoms with Crippen LogP contribution in [0.4, 0.5) is 0 Å². The quantitative estimate of drug-likeness (QED) is 0.472. The van der Waals surface area contributed by atoms with Crippen LogP contribution < -0.4 is 10.6 Å². The largest absolute Gasteiger partial charge is 0.370 e. The zero-order valence-electron chi connectivity index (χ0n) is 9.84. The molecule has 0 saturated carbocycles. The van der Waals surface area contributed by atoms with Gasteiger partial charge >= 0.3 is 0 Å². The fourth-order valence-electron chi connectivity index (χ4n) is 1.71. The molecule has 0 fully saturated rings. The molecule has 2 heteroatoms. The molecule has 15 heavy (non-hydrogen) atoms. The van der Waals surface area contributed by atoms with Gasteiger partial charge in [-0.3, -0.25) is 0 Å². The Morgan fingerprint density at radius 2 is 1.67 bits per heavy atom. The van der Waals surface area contributed by atoms with Gasteiger partial charge in [0.25, 0.3) is 0 Å². The molecule has 0 aromatic carbocycles. The summed E-state index contributed by atoms with van der Waals surface area (Å²) in [6.45, 7) is 2.24. The summed E-state index contributed by atoms with van der Waals surface area (Å²) in [7, 11) is 0. The van der Waals surface area contributed by atoms with Crippen molar-refractivity contribution in [1.82, 2.24) is 10.6 Å². The predicted molar refractivity (Wildman–Crippen MR) is 66.3 cm³/mol. The van der Waals surface area contributed by atoms with E-state index in [4.69, 9.17) is 0 Å². The smallest absolute Gasteiger partial charge is 0.0955 e. The minimum absolute atomic E-state index is 0.481. The van der Waals surface area contributed by atoms with Crippen molar-refractivity contribution in [2.75, 3.05) is 0 Å². The van der Waals surface area contributed by atoms with E-state index < -0.39 is 0 Å². The highest BCUT2D eigenvalue weighted by Gasteiger charge is 2.05. The molecule has 2 nitrogen and oxygen atoms in total. The van der Waals surface area contributed by atoms with Crippen LogP contribution >= 0.6 is 0 Å². The topological polar surface area (TPSA) is 24.1 Å². The van der Waals surface area contributed by atoms with E-state index in [1.54, 1.807) is 0 Å². The summed E-state index contributed by atoms with van der Waals surface area (Å²) in [5, 5.41) is 6.53. The Hall–Kier alpha value is -0.920. The Balaban J connectivity index is 1.82. The van der Waals surface area contributed by atoms with Crippen LogP contribution in [0.2, 0.25) is 0 Å². The third kappa shape index (κ3) is 6.21. The van der Waals surface area contributed by atoms with Crippen molar-refractivity contribution in [2.45, 2.75) is 58.0 Å². The third-order valence-corrected chi connectivity index (χ3v) is 2.68. The second kappa shape index (κ2) is 8.39. The molecule has 0 aromatic rings. The normalized spacial score (nSPS) is 15.8. The molecule has 1 rings (SSSR count). The zero-order valence-corrected chi connectivity index (χ0v) is 9.84. The molecule has 0 bridgehead atoms. The molecular weight excluding hydrogens is 184 g/mol. The van der Waals surface area contributed by atoms with Gasteiger partial charge in [-0.05, 0) is 32.1 Å². The minimum atomic E-state index is 0.481. The summed E-state index contributed by atoms with van der Waals surface area (Å²) < 4.78 is 0. The van der Waals surface area contributed by atoms with Crippen molar-refractivity contribution in [3.8, 4) is 0 Å². The van der Waals surface area contributed by atoms with E-state index in [0.29, 0.717) is 6.17 Å². The van der Waals surface area contributed by atoms with Gasteiger partial charge in [-0.25, -0.2) is 0 Å². The molecule has 0 unspecified atom stereocenters. The fourth-order valence-corrected chi connectivity index (χ4v) is 1.71. The molecule has 0 atom stereocenters. The van der Waals surface area contributed by atoms with E-state index in [-0.39, 0.29) is 0 Å². The molecule has 0 spiro atoms. The van der Waals surface area contributed by atoms with Crippen molar-refractivity contribution >= 4 is 0 Å². The second-order valence-corrected chi connectivity index (χ2v) is 4.12. The first-order chi connectivity index (χ1) is 7.43. The molecule has 0 saturated heterocycles. The van der Waals surface area contributed by atoms with E-state index in [2.05, 4.69) is 29.7 Å². The van der Waals surface area contributed by atoms with E-state index in [9.17, 15) is 0 Å². The maximum Gasteiger partial charge on any atom is 0.0955 e. The summed E-state index contributed by atoms with van der Waals surface area (Å²) in [4.78, 5) is 0. The lowest BCUT2D eigenvalue weighted by atomic mass is 10.1. The van der Waals surface area contributed by atoms with Gasteiger partial charge in [-0.15, -0.1) is 0 Å². The Morgan fingerprint density at radius 1 is 1.00 bits per heavy atom. The minimum Gasteiger partial charge on any atom is -0.370 e. The molecule has 0 aliphatic carbocycles. The van der Waals surface area contributed by atoms with Crippen LogP contribution in [0.3, 0.4) is 0 Å². The maximum atomic E-state index is 3.27. The van der Waals surface area contributed by atoms with E-state index in [1.807, 2.05) is 12.4 Å². The number of unbranched alkanes of at least 4 members (excludes halogenated alkanes) is 4. The third-order valence-electron chi connectivity index (χ3n) is 2.68. The van der Waals surface area contributed by atoms with E-state index in [1.165, 1.54) is 44.9 Å². The van der Waals surface area contributed by atoms with Crippen LogP contribution in [0.15, 0.2) is 24.6 Å². The average molecular weight is 208 g/mol. The van der Waals surface area contributed by atoms with E-state index in [0.717, 1.165) is 0 Å². The SMILES string of the molecule is CCCC/C=C/CCCCC1NC=CN1. The van der Waals surface area contributed by atoms with Crippen LogP contribution in [-0.4, -0.2) is 6.17 Å². The van der Waals surface area contributed by atoms with Gasteiger partial charge in [0.15, 0.2) is 0 Å². The lowest BCUT2D eigenvalue weighted by molar-refractivity contribution is 0.498. The van der Waals surface area contributed by atoms with Crippen molar-refractivity contribution in [3.63, 3.8) is 0 Å². The molecular formula is C13H24N2. The summed E-state index contributed by atoms with van der Waals surface area (Å²) in [6, 6.07) is 0. The van der Waals surface area contributed by atoms with Crippen LogP contribution in [0.1, 0.15) is 51.9 Å². The monoisotopic (exact) mass is 208 g/mol. The van der Waals surface area contributed by atoms with Gasteiger partial charge in [0, 0.05) is 12.4 Å². The highest BCUT2D eigenvalue weighted by Crippen LogP contribution is 2.05. The van der Waals surface area contributed by atoms with Crippen LogP contribution in [0, 0.1) is 0 Å². The molecule has 86 valence electrons. The highest BCUT2D eigenvalue weighted by molar-refractivity contribution is 4.90. The molecule has 1 aliphatic heterocycles. The molecule has 0 radical (unpaired) electrons. The van der Waals surface area contributed by atoms with Crippen molar-refractivity contribution in [3.05, 3.63) is 24.6 Å². The lowest BCUT2D eigenvalue weighted by Gasteiger charge is -2.10. The molecule has 1 heterocycles. The molecule has 0 aromatic heterocycles. The Bertz CT molecular complexity index is 189. The highest BCUT2D eigenvalue weighted by atomic mass is 15.1. The zero-order chi connectivity index (χ0) is 10.8. The van der Waals surface area contributed by atoms with E-state index >= 15 is 0 Å². The standard InChI is InChI=1S/C13H24N2/c1-2-3-4-5-6-7-8-9-10-13-14-11-12-15-13/h5-6,11-15H,2-4,7-10H2,1H3/b6-5+. The molecule has 2 N–H and O–H groups in total. The maximum absolute atomic E-state index is 3.27. The summed E-state index contributed by atoms with van der Waals surface area (Å²) in [5.74, 6) is 0. The summed E-state index contributed by atoms with van der Waals surface area (Å²) in [6.07, 6.45) is 18.1. The summed E-state index contributed by atoms with van der Waals surface area (Å²) >= 11 is 0. The van der Waals surface area contributed by atoms with Crippen LogP contribution in [0.25, 0.3) is 0 Å². The predicted octanol–water partition coefficient (Wildman–Crippen LogP) is 3.28. The first kappa shape index (κ1) is 12.2. The fraction of sp³-hybridized carbons (Fsp3) is 0.692. The van der Waals surface area contributed by atoms with Gasteiger partial charge in [0.2, 0.25) is 0 Å². The Kier molecular flexibility index (Phi) is 6.80. The van der Waals surface area contributed by atoms with Gasteiger partial charge in [0.1, 0.15) is 0 Å². The summed E-state index contributed by atoms with van der Waals surface area (Å²) in [5.41, 5.74) is 0. The number of hydrogen-bond donors (Lipinski definition) is 2. The Labute approximate surface area is 93.8 Å². The Morgan fingerprint density at radius 3 is 2.33 bits per heavy atom. The lowest BCUT2D eigenvalue weighted by Crippen LogP contribution is -2.30. The second-order valence-electron chi connectivity index (χ2n) is 4.12. The number of allylic oxidation sites excluding steroid dienone is 2. The first-order valence-electron chi connectivity index (χ1n) is 6.25.